The van der Waals surface area contributed by atoms with E-state index in [4.69, 9.17) is 4.74 Å². The molecule has 0 aliphatic rings. The lowest BCUT2D eigenvalue weighted by atomic mass is 9.70. The minimum absolute atomic E-state index is 0.204. The average molecular weight is 272 g/mol. The summed E-state index contributed by atoms with van der Waals surface area (Å²) in [6.07, 6.45) is 10.8. The van der Waals surface area contributed by atoms with Crippen LogP contribution < -0.4 is 0 Å². The summed E-state index contributed by atoms with van der Waals surface area (Å²) in [4.78, 5) is 0. The first-order valence-electron chi connectivity index (χ1n) is 8.22. The molecule has 0 amide bonds. The topological polar surface area (TPSA) is 29.5 Å². The highest BCUT2D eigenvalue weighted by Gasteiger charge is 2.34. The highest BCUT2D eigenvalue weighted by molar-refractivity contribution is 4.81. The van der Waals surface area contributed by atoms with Crippen LogP contribution in [0.3, 0.4) is 0 Å². The zero-order valence-electron chi connectivity index (χ0n) is 13.9. The molecular weight excluding hydrogens is 236 g/mol. The maximum absolute atomic E-state index is 9.98. The summed E-state index contributed by atoms with van der Waals surface area (Å²) in [5.74, 6) is 0.204. The van der Waals surface area contributed by atoms with Gasteiger partial charge in [0, 0.05) is 13.0 Å². The van der Waals surface area contributed by atoms with E-state index in [0.29, 0.717) is 0 Å². The fourth-order valence-electron chi connectivity index (χ4n) is 2.84. The Kier molecular flexibility index (Phi) is 10.6. The van der Waals surface area contributed by atoms with E-state index in [0.717, 1.165) is 0 Å². The van der Waals surface area contributed by atoms with Crippen LogP contribution >= 0.6 is 0 Å². The number of aliphatic hydroxyl groups excluding tert-OH is 1. The molecule has 0 aliphatic carbocycles. The molecule has 2 nitrogen and oxygen atoms in total. The largest absolute Gasteiger partial charge is 0.368 e. The average Bonchev–Trinajstić information content (AvgIpc) is 2.43. The summed E-state index contributed by atoms with van der Waals surface area (Å²) in [5.41, 5.74) is 0.206. The maximum Gasteiger partial charge on any atom is 0.157 e. The standard InChI is InChI=1S/C17H36O2/c1-6-8-10-11-12-14-17(4,13-9-7-2)15(3)16(18)19-5/h15-16,18H,6-14H2,1-5H3/t15-,16-,17?/m1/s1. The normalized spacial score (nSPS) is 18.0. The second-order valence-corrected chi connectivity index (χ2v) is 6.34. The Morgan fingerprint density at radius 2 is 1.47 bits per heavy atom. The molecule has 116 valence electrons. The summed E-state index contributed by atoms with van der Waals surface area (Å²) in [7, 11) is 1.60. The van der Waals surface area contributed by atoms with Crippen LogP contribution in [0.15, 0.2) is 0 Å². The van der Waals surface area contributed by atoms with Crippen LogP contribution in [-0.4, -0.2) is 18.5 Å². The van der Waals surface area contributed by atoms with Crippen LogP contribution in [-0.2, 0) is 4.74 Å². The van der Waals surface area contributed by atoms with Gasteiger partial charge in [-0.1, -0.05) is 72.6 Å². The first kappa shape index (κ1) is 18.9. The van der Waals surface area contributed by atoms with Crippen molar-refractivity contribution >= 4 is 0 Å². The van der Waals surface area contributed by atoms with Crippen molar-refractivity contribution in [1.82, 2.24) is 0 Å². The molecule has 0 aromatic carbocycles. The number of unbranched alkanes of at least 4 members (excludes halogenated alkanes) is 5. The number of hydrogen-bond donors (Lipinski definition) is 1. The van der Waals surface area contributed by atoms with Crippen molar-refractivity contribution in [1.29, 1.82) is 0 Å². The fraction of sp³-hybridized carbons (Fsp3) is 1.00. The van der Waals surface area contributed by atoms with Crippen molar-refractivity contribution in [2.45, 2.75) is 91.8 Å². The SMILES string of the molecule is CCCCCCCC(C)(CCCC)[C@H](C)[C@H](O)OC. The Morgan fingerprint density at radius 3 is 2.00 bits per heavy atom. The van der Waals surface area contributed by atoms with Gasteiger partial charge >= 0.3 is 0 Å². The van der Waals surface area contributed by atoms with Gasteiger partial charge in [-0.2, -0.15) is 0 Å². The van der Waals surface area contributed by atoms with Crippen molar-refractivity contribution < 1.29 is 9.84 Å². The molecule has 0 bridgehead atoms. The van der Waals surface area contributed by atoms with Crippen molar-refractivity contribution in [3.8, 4) is 0 Å². The Bertz CT molecular complexity index is 205. The molecule has 0 fully saturated rings. The van der Waals surface area contributed by atoms with E-state index in [1.165, 1.54) is 57.8 Å². The second kappa shape index (κ2) is 10.7. The summed E-state index contributed by atoms with van der Waals surface area (Å²) in [6, 6.07) is 0. The third kappa shape index (κ3) is 7.31. The van der Waals surface area contributed by atoms with Crippen LogP contribution in [0.4, 0.5) is 0 Å². The van der Waals surface area contributed by atoms with Gasteiger partial charge in [-0.05, 0) is 18.3 Å². The fourth-order valence-corrected chi connectivity index (χ4v) is 2.84. The number of hydrogen-bond acceptors (Lipinski definition) is 2. The zero-order chi connectivity index (χ0) is 14.7. The summed E-state index contributed by atoms with van der Waals surface area (Å²) >= 11 is 0. The van der Waals surface area contributed by atoms with E-state index in [2.05, 4.69) is 27.7 Å². The second-order valence-electron chi connectivity index (χ2n) is 6.34. The quantitative estimate of drug-likeness (QED) is 0.393. The Labute approximate surface area is 120 Å². The van der Waals surface area contributed by atoms with Gasteiger partial charge in [-0.25, -0.2) is 0 Å². The molecule has 0 saturated carbocycles. The van der Waals surface area contributed by atoms with Gasteiger partial charge in [0.25, 0.3) is 0 Å². The molecule has 0 radical (unpaired) electrons. The van der Waals surface area contributed by atoms with E-state index in [-0.39, 0.29) is 11.3 Å². The van der Waals surface area contributed by atoms with E-state index < -0.39 is 6.29 Å². The highest BCUT2D eigenvalue weighted by atomic mass is 16.6. The summed E-state index contributed by atoms with van der Waals surface area (Å²) in [5, 5.41) is 9.98. The lowest BCUT2D eigenvalue weighted by Crippen LogP contribution is -2.35. The number of aliphatic hydroxyl groups is 1. The lowest BCUT2D eigenvalue weighted by Gasteiger charge is -2.38. The van der Waals surface area contributed by atoms with Crippen LogP contribution in [0, 0.1) is 11.3 Å². The third-order valence-electron chi connectivity index (χ3n) is 4.72. The van der Waals surface area contributed by atoms with Crippen molar-refractivity contribution in [2.24, 2.45) is 11.3 Å². The van der Waals surface area contributed by atoms with Gasteiger partial charge in [0.2, 0.25) is 0 Å². The summed E-state index contributed by atoms with van der Waals surface area (Å²) in [6.45, 7) is 8.95. The van der Waals surface area contributed by atoms with Gasteiger partial charge in [0.05, 0.1) is 0 Å². The molecule has 2 heteroatoms. The molecule has 0 saturated heterocycles. The molecule has 1 unspecified atom stereocenters. The maximum atomic E-state index is 9.98. The highest BCUT2D eigenvalue weighted by Crippen LogP contribution is 2.40. The predicted molar refractivity (Wildman–Crippen MR) is 83.2 cm³/mol. The van der Waals surface area contributed by atoms with Gasteiger partial charge in [0.1, 0.15) is 0 Å². The lowest BCUT2D eigenvalue weighted by molar-refractivity contribution is -0.141. The van der Waals surface area contributed by atoms with E-state index in [9.17, 15) is 5.11 Å². The number of methoxy groups -OCH3 is 1. The van der Waals surface area contributed by atoms with Crippen LogP contribution in [0.1, 0.15) is 85.5 Å². The Hall–Kier alpha value is -0.0800. The summed E-state index contributed by atoms with van der Waals surface area (Å²) < 4.78 is 5.14. The minimum Gasteiger partial charge on any atom is -0.368 e. The molecule has 0 heterocycles. The minimum atomic E-state index is -0.627. The third-order valence-corrected chi connectivity index (χ3v) is 4.72. The molecule has 19 heavy (non-hydrogen) atoms. The molecule has 0 spiro atoms. The Morgan fingerprint density at radius 1 is 0.947 bits per heavy atom. The van der Waals surface area contributed by atoms with Crippen LogP contribution in [0.5, 0.6) is 0 Å². The number of ether oxygens (including phenoxy) is 1. The monoisotopic (exact) mass is 272 g/mol. The van der Waals surface area contributed by atoms with Crippen molar-refractivity contribution in [3.63, 3.8) is 0 Å². The molecule has 0 aliphatic heterocycles. The molecule has 0 aromatic heterocycles. The molecule has 0 rings (SSSR count). The predicted octanol–water partition coefficient (Wildman–Crippen LogP) is 5.14. The van der Waals surface area contributed by atoms with E-state index in [1.807, 2.05) is 0 Å². The van der Waals surface area contributed by atoms with E-state index in [1.54, 1.807) is 7.11 Å². The number of rotatable bonds is 12. The molecule has 3 atom stereocenters. The van der Waals surface area contributed by atoms with Crippen LogP contribution in [0.25, 0.3) is 0 Å². The van der Waals surface area contributed by atoms with Gasteiger partial charge in [-0.3, -0.25) is 0 Å². The van der Waals surface area contributed by atoms with Crippen molar-refractivity contribution in [2.75, 3.05) is 7.11 Å². The van der Waals surface area contributed by atoms with Crippen LogP contribution in [0.2, 0.25) is 0 Å². The first-order chi connectivity index (χ1) is 9.01. The van der Waals surface area contributed by atoms with E-state index >= 15 is 0 Å². The van der Waals surface area contributed by atoms with Gasteiger partial charge in [-0.15, -0.1) is 0 Å². The smallest absolute Gasteiger partial charge is 0.157 e. The molecule has 1 N–H and O–H groups in total. The Balaban J connectivity index is 4.32. The van der Waals surface area contributed by atoms with Gasteiger partial charge in [0.15, 0.2) is 6.29 Å². The first-order valence-corrected chi connectivity index (χ1v) is 8.22. The molecule has 0 aromatic rings. The van der Waals surface area contributed by atoms with Crippen molar-refractivity contribution in [3.05, 3.63) is 0 Å². The zero-order valence-corrected chi connectivity index (χ0v) is 13.9. The van der Waals surface area contributed by atoms with Gasteiger partial charge < -0.3 is 9.84 Å². The molecular formula is C17H36O2.